The Hall–Kier alpha value is -1.24. The Morgan fingerprint density at radius 2 is 2.05 bits per heavy atom. The van der Waals surface area contributed by atoms with Crippen LogP contribution >= 0.6 is 0 Å². The first-order valence-electron chi connectivity index (χ1n) is 7.11. The molecule has 0 aliphatic heterocycles. The summed E-state index contributed by atoms with van der Waals surface area (Å²) in [5, 5.41) is 16.3. The lowest BCUT2D eigenvalue weighted by atomic mass is 9.67. The molecule has 106 valence electrons. The number of nitriles is 1. The maximum Gasteiger partial charge on any atom is 0.106 e. The van der Waals surface area contributed by atoms with Crippen molar-refractivity contribution < 1.29 is 0 Å². The monoisotopic (exact) mass is 263 g/mol. The zero-order valence-electron chi connectivity index (χ0n) is 12.3. The van der Waals surface area contributed by atoms with Gasteiger partial charge < -0.3 is 0 Å². The molecule has 1 fully saturated rings. The van der Waals surface area contributed by atoms with Gasteiger partial charge in [0.25, 0.3) is 0 Å². The second-order valence-corrected chi connectivity index (χ2v) is 6.57. The maximum atomic E-state index is 9.44. The first-order chi connectivity index (χ1) is 8.93. The van der Waals surface area contributed by atoms with E-state index in [4.69, 9.17) is 5.53 Å². The summed E-state index contributed by atoms with van der Waals surface area (Å²) >= 11 is 0. The summed E-state index contributed by atoms with van der Waals surface area (Å²) in [5.41, 5.74) is 8.18. The second kappa shape index (κ2) is 6.79. The molecule has 1 saturated carbocycles. The number of rotatable bonds is 5. The lowest BCUT2D eigenvalue weighted by Gasteiger charge is -2.41. The van der Waals surface area contributed by atoms with Gasteiger partial charge in [-0.25, -0.2) is 0 Å². The van der Waals surface area contributed by atoms with Crippen LogP contribution in [0.3, 0.4) is 0 Å². The first kappa shape index (κ1) is 15.8. The van der Waals surface area contributed by atoms with Gasteiger partial charge >= 0.3 is 0 Å². The van der Waals surface area contributed by atoms with Crippen molar-refractivity contribution in [3.63, 3.8) is 0 Å². The van der Waals surface area contributed by atoms with Gasteiger partial charge in [-0.15, -0.1) is 0 Å². The van der Waals surface area contributed by atoms with Gasteiger partial charge in [0.15, 0.2) is 0 Å². The number of azide groups is 1. The molecule has 0 heterocycles. The van der Waals surface area contributed by atoms with E-state index < -0.39 is 0 Å². The third-order valence-electron chi connectivity index (χ3n) is 4.24. The summed E-state index contributed by atoms with van der Waals surface area (Å²) in [6.45, 7) is 8.08. The third-order valence-corrected chi connectivity index (χ3v) is 4.24. The van der Waals surface area contributed by atoms with Gasteiger partial charge in [-0.2, -0.15) is 5.26 Å². The fourth-order valence-electron chi connectivity index (χ4n) is 2.83. The van der Waals surface area contributed by atoms with Crippen LogP contribution in [-0.2, 0) is 0 Å². The SMILES string of the molecule is CC(C)(C)C1CCC(C#N)(NCCCN=[N+]=[N-])CC1. The highest BCUT2D eigenvalue weighted by Crippen LogP contribution is 2.41. The molecular formula is C14H25N5. The normalized spacial score (nSPS) is 27.4. The molecule has 1 aliphatic carbocycles. The molecule has 0 atom stereocenters. The lowest BCUT2D eigenvalue weighted by Crippen LogP contribution is -2.48. The van der Waals surface area contributed by atoms with Gasteiger partial charge in [0, 0.05) is 11.5 Å². The average Bonchev–Trinajstić information content (AvgIpc) is 2.38. The minimum atomic E-state index is -0.363. The van der Waals surface area contributed by atoms with Crippen LogP contribution < -0.4 is 5.32 Å². The van der Waals surface area contributed by atoms with Crippen LogP contribution in [0.2, 0.25) is 0 Å². The quantitative estimate of drug-likeness (QED) is 0.354. The molecule has 0 radical (unpaired) electrons. The Bertz CT molecular complexity index is 362. The van der Waals surface area contributed by atoms with E-state index in [0.29, 0.717) is 17.9 Å². The van der Waals surface area contributed by atoms with Crippen molar-refractivity contribution in [3.05, 3.63) is 10.4 Å². The minimum absolute atomic E-state index is 0.336. The molecule has 1 aliphatic rings. The van der Waals surface area contributed by atoms with Crippen molar-refractivity contribution in [2.75, 3.05) is 13.1 Å². The van der Waals surface area contributed by atoms with Gasteiger partial charge in [-0.05, 0) is 55.5 Å². The fourth-order valence-corrected chi connectivity index (χ4v) is 2.83. The minimum Gasteiger partial charge on any atom is -0.299 e. The maximum absolute atomic E-state index is 9.44. The van der Waals surface area contributed by atoms with Gasteiger partial charge in [-0.1, -0.05) is 25.9 Å². The van der Waals surface area contributed by atoms with Crippen LogP contribution in [-0.4, -0.2) is 18.6 Å². The molecule has 0 unspecified atom stereocenters. The second-order valence-electron chi connectivity index (χ2n) is 6.57. The van der Waals surface area contributed by atoms with E-state index in [1.165, 1.54) is 0 Å². The fraction of sp³-hybridized carbons (Fsp3) is 0.929. The van der Waals surface area contributed by atoms with Crippen LogP contribution in [0.4, 0.5) is 0 Å². The molecule has 1 rings (SSSR count). The van der Waals surface area contributed by atoms with Crippen LogP contribution in [0.25, 0.3) is 10.4 Å². The molecule has 0 saturated heterocycles. The van der Waals surface area contributed by atoms with E-state index >= 15 is 0 Å². The van der Waals surface area contributed by atoms with E-state index in [1.807, 2.05) is 0 Å². The van der Waals surface area contributed by atoms with Crippen molar-refractivity contribution in [1.82, 2.24) is 5.32 Å². The van der Waals surface area contributed by atoms with Gasteiger partial charge in [0.1, 0.15) is 5.54 Å². The topological polar surface area (TPSA) is 84.6 Å². The van der Waals surface area contributed by atoms with E-state index in [2.05, 4.69) is 42.2 Å². The molecule has 19 heavy (non-hydrogen) atoms. The summed E-state index contributed by atoms with van der Waals surface area (Å²) in [7, 11) is 0. The summed E-state index contributed by atoms with van der Waals surface area (Å²) in [6.07, 6.45) is 4.86. The number of hydrogen-bond donors (Lipinski definition) is 1. The predicted molar refractivity (Wildman–Crippen MR) is 76.4 cm³/mol. The highest BCUT2D eigenvalue weighted by atomic mass is 15.1. The molecule has 0 amide bonds. The molecular weight excluding hydrogens is 238 g/mol. The van der Waals surface area contributed by atoms with Gasteiger partial charge in [0.2, 0.25) is 0 Å². The Kier molecular flexibility index (Phi) is 5.65. The van der Waals surface area contributed by atoms with Crippen molar-refractivity contribution in [3.8, 4) is 6.07 Å². The van der Waals surface area contributed by atoms with Gasteiger partial charge in [0.05, 0.1) is 6.07 Å². The number of hydrogen-bond acceptors (Lipinski definition) is 3. The van der Waals surface area contributed by atoms with E-state index in [9.17, 15) is 5.26 Å². The van der Waals surface area contributed by atoms with Crippen molar-refractivity contribution in [2.24, 2.45) is 16.4 Å². The van der Waals surface area contributed by atoms with E-state index in [0.717, 1.165) is 38.6 Å². The number of nitrogens with zero attached hydrogens (tertiary/aromatic N) is 4. The summed E-state index contributed by atoms with van der Waals surface area (Å²) in [6, 6.07) is 2.47. The molecule has 0 aromatic carbocycles. The van der Waals surface area contributed by atoms with Crippen LogP contribution in [0, 0.1) is 22.7 Å². The molecule has 0 bridgehead atoms. The van der Waals surface area contributed by atoms with Crippen molar-refractivity contribution in [1.29, 1.82) is 5.26 Å². The Labute approximate surface area is 116 Å². The van der Waals surface area contributed by atoms with Crippen LogP contribution in [0.15, 0.2) is 5.11 Å². The molecule has 0 aromatic heterocycles. The average molecular weight is 263 g/mol. The van der Waals surface area contributed by atoms with Gasteiger partial charge in [-0.3, -0.25) is 5.32 Å². The van der Waals surface area contributed by atoms with Crippen molar-refractivity contribution >= 4 is 0 Å². The molecule has 5 heteroatoms. The standard InChI is InChI=1S/C14H25N5/c1-13(2,3)12-5-7-14(11-15,8-6-12)17-9-4-10-18-19-16/h12,17H,4-10H2,1-3H3. The summed E-state index contributed by atoms with van der Waals surface area (Å²) in [5.74, 6) is 0.707. The highest BCUT2D eigenvalue weighted by molar-refractivity contribution is 5.09. The molecule has 5 nitrogen and oxygen atoms in total. The highest BCUT2D eigenvalue weighted by Gasteiger charge is 2.38. The Morgan fingerprint density at radius 1 is 1.42 bits per heavy atom. The molecule has 0 spiro atoms. The zero-order chi connectivity index (χ0) is 14.4. The van der Waals surface area contributed by atoms with Crippen LogP contribution in [0.1, 0.15) is 52.9 Å². The largest absolute Gasteiger partial charge is 0.299 e. The first-order valence-corrected chi connectivity index (χ1v) is 7.11. The Balaban J connectivity index is 2.43. The molecule has 0 aromatic rings. The summed E-state index contributed by atoms with van der Waals surface area (Å²) in [4.78, 5) is 2.73. The Morgan fingerprint density at radius 3 is 2.53 bits per heavy atom. The smallest absolute Gasteiger partial charge is 0.106 e. The van der Waals surface area contributed by atoms with Crippen LogP contribution in [0.5, 0.6) is 0 Å². The van der Waals surface area contributed by atoms with E-state index in [1.54, 1.807) is 0 Å². The lowest BCUT2D eigenvalue weighted by molar-refractivity contribution is 0.138. The van der Waals surface area contributed by atoms with E-state index in [-0.39, 0.29) is 5.54 Å². The summed E-state index contributed by atoms with van der Waals surface area (Å²) < 4.78 is 0. The molecule has 1 N–H and O–H groups in total. The zero-order valence-corrected chi connectivity index (χ0v) is 12.3. The van der Waals surface area contributed by atoms with Crippen molar-refractivity contribution in [2.45, 2.75) is 58.4 Å². The predicted octanol–water partition coefficient (Wildman–Crippen LogP) is 3.78. The third kappa shape index (κ3) is 4.74. The number of nitrogens with one attached hydrogen (secondary N) is 1.